The van der Waals surface area contributed by atoms with Crippen molar-refractivity contribution in [2.45, 2.75) is 24.8 Å². The Hall–Kier alpha value is -3.42. The van der Waals surface area contributed by atoms with E-state index in [-0.39, 0.29) is 10.8 Å². The van der Waals surface area contributed by atoms with Gasteiger partial charge in [0, 0.05) is 29.3 Å². The molecule has 7 heteroatoms. The molecule has 6 nitrogen and oxygen atoms in total. The molecule has 0 radical (unpaired) electrons. The molecule has 0 unspecified atom stereocenters. The van der Waals surface area contributed by atoms with Crippen molar-refractivity contribution in [1.82, 2.24) is 4.57 Å². The predicted molar refractivity (Wildman–Crippen MR) is 123 cm³/mol. The summed E-state index contributed by atoms with van der Waals surface area (Å²) >= 11 is 0. The summed E-state index contributed by atoms with van der Waals surface area (Å²) in [5.41, 5.74) is 3.58. The lowest BCUT2D eigenvalue weighted by Gasteiger charge is -2.10. The van der Waals surface area contributed by atoms with Gasteiger partial charge in [-0.3, -0.25) is 4.79 Å². The number of nitrogens with two attached hydrogens (primary N) is 1. The molecule has 0 spiro atoms. The van der Waals surface area contributed by atoms with Crippen molar-refractivity contribution in [2.24, 2.45) is 5.14 Å². The number of nitrogens with one attached hydrogen (secondary N) is 1. The summed E-state index contributed by atoms with van der Waals surface area (Å²) in [6.07, 6.45) is 2.35. The van der Waals surface area contributed by atoms with E-state index in [0.717, 1.165) is 16.5 Å². The molecule has 4 aromatic rings. The van der Waals surface area contributed by atoms with E-state index >= 15 is 0 Å². The first kappa shape index (κ1) is 20.8. The fourth-order valence-electron chi connectivity index (χ4n) is 3.73. The van der Waals surface area contributed by atoms with Gasteiger partial charge in [0.1, 0.15) is 0 Å². The third-order valence-corrected chi connectivity index (χ3v) is 6.23. The SMILES string of the molecule is CCc1ccc(NC(=O)c2cn(Cc3ccccc3)c3ccccc23)cc1S(N)(=O)=O. The Morgan fingerprint density at radius 2 is 1.71 bits per heavy atom. The highest BCUT2D eigenvalue weighted by molar-refractivity contribution is 7.89. The van der Waals surface area contributed by atoms with Crippen molar-refractivity contribution in [3.05, 3.63) is 95.7 Å². The molecule has 4 rings (SSSR count). The number of anilines is 1. The van der Waals surface area contributed by atoms with Gasteiger partial charge < -0.3 is 9.88 Å². The Balaban J connectivity index is 1.69. The van der Waals surface area contributed by atoms with E-state index < -0.39 is 10.0 Å². The number of carbonyl (C=O) groups excluding carboxylic acids is 1. The Morgan fingerprint density at radius 1 is 1.00 bits per heavy atom. The Morgan fingerprint density at radius 3 is 2.42 bits per heavy atom. The molecular weight excluding hydrogens is 410 g/mol. The summed E-state index contributed by atoms with van der Waals surface area (Å²) < 4.78 is 25.9. The number of rotatable bonds is 6. The number of sulfonamides is 1. The van der Waals surface area contributed by atoms with Crippen molar-refractivity contribution in [3.63, 3.8) is 0 Å². The molecule has 0 saturated heterocycles. The fraction of sp³-hybridized carbons (Fsp3) is 0.125. The minimum absolute atomic E-state index is 0.0271. The van der Waals surface area contributed by atoms with E-state index in [0.29, 0.717) is 29.8 Å². The second kappa shape index (κ2) is 8.37. The van der Waals surface area contributed by atoms with Crippen molar-refractivity contribution >= 4 is 32.5 Å². The van der Waals surface area contributed by atoms with Gasteiger partial charge in [0.15, 0.2) is 0 Å². The van der Waals surface area contributed by atoms with Crippen LogP contribution in [-0.2, 0) is 23.0 Å². The summed E-state index contributed by atoms with van der Waals surface area (Å²) in [5, 5.41) is 9.00. The zero-order valence-corrected chi connectivity index (χ0v) is 17.9. The van der Waals surface area contributed by atoms with Crippen LogP contribution < -0.4 is 10.5 Å². The first-order chi connectivity index (χ1) is 14.9. The summed E-state index contributed by atoms with van der Waals surface area (Å²) in [6, 6.07) is 22.5. The van der Waals surface area contributed by atoms with Gasteiger partial charge in [-0.25, -0.2) is 13.6 Å². The second-order valence-corrected chi connectivity index (χ2v) is 8.88. The lowest BCUT2D eigenvalue weighted by Crippen LogP contribution is -2.16. The van der Waals surface area contributed by atoms with Gasteiger partial charge in [0.2, 0.25) is 10.0 Å². The monoisotopic (exact) mass is 433 g/mol. The topological polar surface area (TPSA) is 94.2 Å². The van der Waals surface area contributed by atoms with Crippen LogP contribution in [0, 0.1) is 0 Å². The maximum absolute atomic E-state index is 13.1. The van der Waals surface area contributed by atoms with Crippen molar-refractivity contribution in [3.8, 4) is 0 Å². The Bertz CT molecular complexity index is 1360. The van der Waals surface area contributed by atoms with E-state index in [2.05, 4.69) is 5.32 Å². The lowest BCUT2D eigenvalue weighted by molar-refractivity contribution is 0.102. The number of fused-ring (bicyclic) bond motifs is 1. The highest BCUT2D eigenvalue weighted by Gasteiger charge is 2.18. The van der Waals surface area contributed by atoms with E-state index in [9.17, 15) is 13.2 Å². The number of para-hydroxylation sites is 1. The van der Waals surface area contributed by atoms with Gasteiger partial charge in [-0.1, -0.05) is 61.5 Å². The molecule has 0 atom stereocenters. The van der Waals surface area contributed by atoms with Crippen LogP contribution in [0.25, 0.3) is 10.9 Å². The molecule has 3 N–H and O–H groups in total. The second-order valence-electron chi connectivity index (χ2n) is 7.35. The van der Waals surface area contributed by atoms with Crippen LogP contribution in [0.2, 0.25) is 0 Å². The third-order valence-electron chi connectivity index (χ3n) is 5.24. The van der Waals surface area contributed by atoms with Gasteiger partial charge >= 0.3 is 0 Å². The third kappa shape index (κ3) is 4.38. The molecule has 1 aromatic heterocycles. The number of nitrogens with zero attached hydrogens (tertiary/aromatic N) is 1. The first-order valence-electron chi connectivity index (χ1n) is 9.95. The van der Waals surface area contributed by atoms with Crippen LogP contribution >= 0.6 is 0 Å². The zero-order valence-electron chi connectivity index (χ0n) is 17.1. The predicted octanol–water partition coefficient (Wildman–Crippen LogP) is 4.15. The summed E-state index contributed by atoms with van der Waals surface area (Å²) in [4.78, 5) is 13.1. The normalized spacial score (nSPS) is 11.5. The molecule has 0 aliphatic rings. The number of aromatic nitrogens is 1. The average molecular weight is 434 g/mol. The summed E-state index contributed by atoms with van der Waals surface area (Å²) in [7, 11) is -3.89. The van der Waals surface area contributed by atoms with Gasteiger partial charge in [-0.2, -0.15) is 0 Å². The molecule has 0 aliphatic heterocycles. The number of carbonyl (C=O) groups is 1. The van der Waals surface area contributed by atoms with Gasteiger partial charge in [-0.15, -0.1) is 0 Å². The van der Waals surface area contributed by atoms with E-state index in [1.165, 1.54) is 6.07 Å². The molecule has 1 amide bonds. The number of aryl methyl sites for hydroxylation is 1. The van der Waals surface area contributed by atoms with Gasteiger partial charge in [0.05, 0.1) is 10.5 Å². The number of hydrogen-bond acceptors (Lipinski definition) is 3. The zero-order chi connectivity index (χ0) is 22.0. The average Bonchev–Trinajstić information content (AvgIpc) is 3.12. The fourth-order valence-corrected chi connectivity index (χ4v) is 4.60. The number of hydrogen-bond donors (Lipinski definition) is 2. The largest absolute Gasteiger partial charge is 0.342 e. The Labute approximate surface area is 181 Å². The van der Waals surface area contributed by atoms with Crippen LogP contribution in [0.3, 0.4) is 0 Å². The Kier molecular flexibility index (Phi) is 5.63. The van der Waals surface area contributed by atoms with E-state index in [4.69, 9.17) is 5.14 Å². The van der Waals surface area contributed by atoms with E-state index in [1.54, 1.807) is 12.1 Å². The molecule has 0 fully saturated rings. The standard InChI is InChI=1S/C24H23N3O3S/c1-2-18-12-13-19(14-23(18)31(25,29)30)26-24(28)21-16-27(15-17-8-4-3-5-9-17)22-11-7-6-10-20(21)22/h3-14,16H,2,15H2,1H3,(H,26,28)(H2,25,29,30). The van der Waals surface area contributed by atoms with E-state index in [1.807, 2.05) is 72.3 Å². The molecular formula is C24H23N3O3S. The molecule has 31 heavy (non-hydrogen) atoms. The van der Waals surface area contributed by atoms with Crippen LogP contribution in [0.4, 0.5) is 5.69 Å². The van der Waals surface area contributed by atoms with Crippen LogP contribution in [0.15, 0.2) is 83.9 Å². The van der Waals surface area contributed by atoms with Crippen LogP contribution in [-0.4, -0.2) is 18.9 Å². The molecule has 0 bridgehead atoms. The maximum atomic E-state index is 13.1. The van der Waals surface area contributed by atoms with Gasteiger partial charge in [0.25, 0.3) is 5.91 Å². The van der Waals surface area contributed by atoms with Crippen molar-refractivity contribution in [2.75, 3.05) is 5.32 Å². The number of primary sulfonamides is 1. The maximum Gasteiger partial charge on any atom is 0.257 e. The van der Waals surface area contributed by atoms with Gasteiger partial charge in [-0.05, 0) is 35.7 Å². The minimum Gasteiger partial charge on any atom is -0.342 e. The first-order valence-corrected chi connectivity index (χ1v) is 11.5. The quantitative estimate of drug-likeness (QED) is 0.478. The highest BCUT2D eigenvalue weighted by Crippen LogP contribution is 2.25. The molecule has 158 valence electrons. The molecule has 0 aliphatic carbocycles. The van der Waals surface area contributed by atoms with Crippen molar-refractivity contribution in [1.29, 1.82) is 0 Å². The molecule has 0 saturated carbocycles. The van der Waals surface area contributed by atoms with Crippen LogP contribution in [0.5, 0.6) is 0 Å². The summed E-state index contributed by atoms with van der Waals surface area (Å²) in [6.45, 7) is 2.49. The lowest BCUT2D eigenvalue weighted by atomic mass is 10.1. The van der Waals surface area contributed by atoms with Crippen LogP contribution in [0.1, 0.15) is 28.4 Å². The number of amides is 1. The number of benzene rings is 3. The smallest absolute Gasteiger partial charge is 0.257 e. The summed E-state index contributed by atoms with van der Waals surface area (Å²) in [5.74, 6) is -0.312. The molecule has 1 heterocycles. The van der Waals surface area contributed by atoms with Crippen molar-refractivity contribution < 1.29 is 13.2 Å². The highest BCUT2D eigenvalue weighted by atomic mass is 32.2. The minimum atomic E-state index is -3.89. The molecule has 3 aromatic carbocycles.